The molecule has 0 radical (unpaired) electrons. The summed E-state index contributed by atoms with van der Waals surface area (Å²) < 4.78 is 10.5. The lowest BCUT2D eigenvalue weighted by atomic mass is 9.97. The fourth-order valence-electron chi connectivity index (χ4n) is 4.11. The van der Waals surface area contributed by atoms with Gasteiger partial charge in [0.2, 0.25) is 0 Å². The Balaban J connectivity index is 1.60. The third-order valence-corrected chi connectivity index (χ3v) is 5.98. The van der Waals surface area contributed by atoms with Gasteiger partial charge in [0.15, 0.2) is 5.78 Å². The number of Topliss-reactive ketones (excluding diaryl/α,β-unsaturated/α-hetero) is 1. The molecule has 0 spiro atoms. The highest BCUT2D eigenvalue weighted by Gasteiger charge is 2.17. The van der Waals surface area contributed by atoms with Crippen LogP contribution in [0.3, 0.4) is 0 Å². The van der Waals surface area contributed by atoms with Gasteiger partial charge in [-0.15, -0.1) is 0 Å². The number of anilines is 1. The van der Waals surface area contributed by atoms with Crippen molar-refractivity contribution < 1.29 is 19.1 Å². The molecule has 0 aliphatic heterocycles. The van der Waals surface area contributed by atoms with Crippen LogP contribution in [0.1, 0.15) is 44.3 Å². The van der Waals surface area contributed by atoms with Crippen molar-refractivity contribution in [1.82, 2.24) is 9.97 Å². The van der Waals surface area contributed by atoms with E-state index < -0.39 is 5.91 Å². The van der Waals surface area contributed by atoms with Gasteiger partial charge in [-0.1, -0.05) is 30.3 Å². The fourth-order valence-corrected chi connectivity index (χ4v) is 4.11. The highest BCUT2D eigenvalue weighted by atomic mass is 16.5. The van der Waals surface area contributed by atoms with Gasteiger partial charge >= 0.3 is 0 Å². The molecule has 1 amide bonds. The van der Waals surface area contributed by atoms with E-state index in [9.17, 15) is 9.59 Å². The van der Waals surface area contributed by atoms with Gasteiger partial charge in [0.1, 0.15) is 17.9 Å². The number of aromatic nitrogens is 2. The zero-order valence-corrected chi connectivity index (χ0v) is 20.2. The molecule has 36 heavy (non-hydrogen) atoms. The maximum atomic E-state index is 12.9. The Morgan fingerprint density at radius 2 is 1.78 bits per heavy atom. The topological polar surface area (TPSA) is 116 Å². The monoisotopic (exact) mass is 484 g/mol. The molecular formula is C28H28N4O4. The number of ketones is 1. The lowest BCUT2D eigenvalue weighted by Gasteiger charge is -2.21. The molecule has 4 rings (SSSR count). The van der Waals surface area contributed by atoms with Crippen LogP contribution in [0.5, 0.6) is 5.75 Å². The summed E-state index contributed by atoms with van der Waals surface area (Å²) in [7, 11) is 3.25. The van der Waals surface area contributed by atoms with Crippen molar-refractivity contribution >= 4 is 28.4 Å². The molecule has 0 aliphatic rings. The molecule has 0 fully saturated rings. The number of nitrogens with zero attached hydrogens (tertiary/aromatic N) is 2. The molecule has 184 valence electrons. The molecule has 3 N–H and O–H groups in total. The number of carbonyl (C=O) groups excluding carboxylic acids is 2. The summed E-state index contributed by atoms with van der Waals surface area (Å²) in [5.74, 6) is 0.775. The molecular weight excluding hydrogens is 456 g/mol. The molecule has 0 saturated carbocycles. The van der Waals surface area contributed by atoms with Gasteiger partial charge in [0, 0.05) is 31.1 Å². The molecule has 1 heterocycles. The fraction of sp³-hybridized carbons (Fsp3) is 0.214. The first-order chi connectivity index (χ1) is 17.5. The van der Waals surface area contributed by atoms with Crippen LogP contribution in [0.4, 0.5) is 5.82 Å². The number of ether oxygens (including phenoxy) is 2. The first-order valence-corrected chi connectivity index (χ1v) is 11.5. The van der Waals surface area contributed by atoms with Crippen LogP contribution in [-0.4, -0.2) is 42.5 Å². The maximum Gasteiger partial charge on any atom is 0.250 e. The number of fused-ring (bicyclic) bond motifs is 1. The first-order valence-electron chi connectivity index (χ1n) is 11.5. The van der Waals surface area contributed by atoms with Crippen molar-refractivity contribution in [3.63, 3.8) is 0 Å². The van der Waals surface area contributed by atoms with Crippen LogP contribution < -0.4 is 15.8 Å². The number of hydrogen-bond donors (Lipinski definition) is 2. The molecule has 8 heteroatoms. The summed E-state index contributed by atoms with van der Waals surface area (Å²) in [6.45, 7) is 0.516. The number of benzene rings is 3. The lowest BCUT2D eigenvalue weighted by Crippen LogP contribution is -2.16. The van der Waals surface area contributed by atoms with Gasteiger partial charge in [0.25, 0.3) is 5.91 Å². The predicted molar refractivity (Wildman–Crippen MR) is 138 cm³/mol. The molecule has 4 aromatic rings. The second-order valence-corrected chi connectivity index (χ2v) is 8.34. The number of hydrogen-bond acceptors (Lipinski definition) is 7. The van der Waals surface area contributed by atoms with Crippen LogP contribution >= 0.6 is 0 Å². The van der Waals surface area contributed by atoms with Crippen molar-refractivity contribution in [1.29, 1.82) is 0 Å². The molecule has 0 bridgehead atoms. The number of para-hydroxylation sites is 1. The highest BCUT2D eigenvalue weighted by molar-refractivity contribution is 6.06. The standard InChI is InChI=1S/C28H28N4O4/c1-35-14-13-24(32-28-23-8-4-7-22(27(29)34)26(23)30-17-31-28)20-6-3-5-18(15-20)16-25(33)19-9-11-21(36-2)12-10-19/h3-12,15,17,24H,13-14,16H2,1-2H3,(H2,29,34)(H,30,31,32)/t24-/m1/s1. The average Bonchev–Trinajstić information content (AvgIpc) is 2.90. The quantitative estimate of drug-likeness (QED) is 0.304. The van der Waals surface area contributed by atoms with Crippen molar-refractivity contribution in [2.75, 3.05) is 26.1 Å². The van der Waals surface area contributed by atoms with Crippen LogP contribution in [0.2, 0.25) is 0 Å². The second-order valence-electron chi connectivity index (χ2n) is 8.34. The Morgan fingerprint density at radius 3 is 2.50 bits per heavy atom. The van der Waals surface area contributed by atoms with Gasteiger partial charge < -0.3 is 20.5 Å². The number of rotatable bonds is 11. The van der Waals surface area contributed by atoms with E-state index in [0.29, 0.717) is 46.6 Å². The van der Waals surface area contributed by atoms with E-state index in [1.54, 1.807) is 50.6 Å². The summed E-state index contributed by atoms with van der Waals surface area (Å²) in [4.78, 5) is 33.4. The second kappa shape index (κ2) is 11.4. The van der Waals surface area contributed by atoms with Gasteiger partial charge in [-0.2, -0.15) is 0 Å². The number of nitrogens with one attached hydrogen (secondary N) is 1. The predicted octanol–water partition coefficient (Wildman–Crippen LogP) is 4.35. The minimum absolute atomic E-state index is 0.0250. The van der Waals surface area contributed by atoms with Gasteiger partial charge in [-0.3, -0.25) is 9.59 Å². The van der Waals surface area contributed by atoms with E-state index in [2.05, 4.69) is 15.3 Å². The maximum absolute atomic E-state index is 12.9. The van der Waals surface area contributed by atoms with Crippen molar-refractivity contribution in [2.45, 2.75) is 18.9 Å². The Morgan fingerprint density at radius 1 is 1.00 bits per heavy atom. The molecule has 0 saturated heterocycles. The largest absolute Gasteiger partial charge is 0.497 e. The minimum atomic E-state index is -0.546. The Labute approximate surface area is 209 Å². The number of carbonyl (C=O) groups is 2. The normalized spacial score (nSPS) is 11.7. The SMILES string of the molecule is COCC[C@@H](Nc1ncnc2c(C(N)=O)cccc12)c1cccc(CC(=O)c2ccc(OC)cc2)c1. The summed E-state index contributed by atoms with van der Waals surface area (Å²) in [6.07, 6.45) is 2.34. The van der Waals surface area contributed by atoms with E-state index in [1.165, 1.54) is 6.33 Å². The number of nitrogens with two attached hydrogens (primary N) is 1. The Bertz CT molecular complexity index is 1370. The summed E-state index contributed by atoms with van der Waals surface area (Å²) >= 11 is 0. The molecule has 1 aromatic heterocycles. The zero-order valence-electron chi connectivity index (χ0n) is 20.2. The molecule has 1 atom stereocenters. The van der Waals surface area contributed by atoms with Crippen LogP contribution in [0.15, 0.2) is 73.1 Å². The van der Waals surface area contributed by atoms with Gasteiger partial charge in [0.05, 0.1) is 24.2 Å². The third-order valence-electron chi connectivity index (χ3n) is 5.98. The van der Waals surface area contributed by atoms with Crippen LogP contribution in [-0.2, 0) is 11.2 Å². The summed E-state index contributed by atoms with van der Waals surface area (Å²) in [5.41, 5.74) is 8.89. The van der Waals surface area contributed by atoms with Gasteiger partial charge in [-0.25, -0.2) is 9.97 Å². The third kappa shape index (κ3) is 5.67. The van der Waals surface area contributed by atoms with Crippen molar-refractivity contribution in [2.24, 2.45) is 5.73 Å². The Kier molecular flexibility index (Phi) is 7.87. The number of amides is 1. The van der Waals surface area contributed by atoms with Crippen LogP contribution in [0, 0.1) is 0 Å². The molecule has 0 unspecified atom stereocenters. The van der Waals surface area contributed by atoms with E-state index in [4.69, 9.17) is 15.2 Å². The average molecular weight is 485 g/mol. The smallest absolute Gasteiger partial charge is 0.250 e. The Hall–Kier alpha value is -4.30. The van der Waals surface area contributed by atoms with Gasteiger partial charge in [-0.05, 0) is 53.9 Å². The summed E-state index contributed by atoms with van der Waals surface area (Å²) in [5, 5.41) is 4.18. The molecule has 3 aromatic carbocycles. The van der Waals surface area contributed by atoms with E-state index in [0.717, 1.165) is 11.1 Å². The summed E-state index contributed by atoms with van der Waals surface area (Å²) in [6, 6.07) is 20.1. The number of methoxy groups -OCH3 is 2. The van der Waals surface area contributed by atoms with E-state index in [1.807, 2.05) is 30.3 Å². The van der Waals surface area contributed by atoms with Crippen LogP contribution in [0.25, 0.3) is 10.9 Å². The van der Waals surface area contributed by atoms with Crippen molar-refractivity contribution in [3.8, 4) is 5.75 Å². The van der Waals surface area contributed by atoms with Crippen molar-refractivity contribution in [3.05, 3.63) is 95.3 Å². The minimum Gasteiger partial charge on any atom is -0.497 e. The number of primary amides is 1. The zero-order chi connectivity index (χ0) is 25.5. The van der Waals surface area contributed by atoms with E-state index >= 15 is 0 Å². The molecule has 0 aliphatic carbocycles. The highest BCUT2D eigenvalue weighted by Crippen LogP contribution is 2.28. The first kappa shape index (κ1) is 24.8. The van der Waals surface area contributed by atoms with E-state index in [-0.39, 0.29) is 18.2 Å². The molecule has 8 nitrogen and oxygen atoms in total. The lowest BCUT2D eigenvalue weighted by molar-refractivity contribution is 0.0988.